The van der Waals surface area contributed by atoms with Crippen molar-refractivity contribution in [2.24, 2.45) is 4.99 Å². The average molecular weight is 539 g/mol. The number of hydrogen-bond acceptors (Lipinski definition) is 8. The van der Waals surface area contributed by atoms with Crippen LogP contribution in [0.2, 0.25) is 5.02 Å². The highest BCUT2D eigenvalue weighted by molar-refractivity contribution is 7.07. The molecule has 190 valence electrons. The van der Waals surface area contributed by atoms with E-state index in [1.54, 1.807) is 55.5 Å². The minimum absolute atomic E-state index is 0.0160. The third-order valence-electron chi connectivity index (χ3n) is 5.52. The molecule has 0 saturated heterocycles. The SMILES string of the molecule is C=CCOC(=O)C1=C(C)N=c2sc(=Cc3cccc(OC)c3OC(C)=O)c(=O)n2C1c1ccc(Cl)cc1. The number of methoxy groups -OCH3 is 1. The Morgan fingerprint density at radius 3 is 2.59 bits per heavy atom. The van der Waals surface area contributed by atoms with Crippen molar-refractivity contribution in [3.63, 3.8) is 0 Å². The van der Waals surface area contributed by atoms with Gasteiger partial charge in [0.05, 0.1) is 29.0 Å². The first kappa shape index (κ1) is 26.1. The van der Waals surface area contributed by atoms with Crippen LogP contribution in [0.25, 0.3) is 6.08 Å². The van der Waals surface area contributed by atoms with E-state index in [0.29, 0.717) is 36.9 Å². The molecule has 2 aromatic carbocycles. The molecule has 2 heterocycles. The molecule has 1 aliphatic heterocycles. The summed E-state index contributed by atoms with van der Waals surface area (Å²) in [6.45, 7) is 6.58. The molecule has 37 heavy (non-hydrogen) atoms. The van der Waals surface area contributed by atoms with E-state index in [-0.39, 0.29) is 23.5 Å². The molecule has 0 aliphatic carbocycles. The van der Waals surface area contributed by atoms with Crippen LogP contribution in [-0.4, -0.2) is 30.2 Å². The predicted octanol–water partition coefficient (Wildman–Crippen LogP) is 3.55. The van der Waals surface area contributed by atoms with Crippen molar-refractivity contribution >= 4 is 41.0 Å². The zero-order valence-corrected chi connectivity index (χ0v) is 21.9. The number of carbonyl (C=O) groups is 2. The Kier molecular flexibility index (Phi) is 7.75. The lowest BCUT2D eigenvalue weighted by atomic mass is 9.96. The van der Waals surface area contributed by atoms with Crippen molar-refractivity contribution in [2.75, 3.05) is 13.7 Å². The molecule has 0 bridgehead atoms. The Hall–Kier alpha value is -3.95. The summed E-state index contributed by atoms with van der Waals surface area (Å²) in [5.41, 5.74) is 1.44. The van der Waals surface area contributed by atoms with E-state index in [1.807, 2.05) is 0 Å². The second kappa shape index (κ2) is 11.0. The molecule has 0 saturated carbocycles. The molecule has 1 aromatic heterocycles. The number of halogens is 1. The van der Waals surface area contributed by atoms with Crippen molar-refractivity contribution in [3.8, 4) is 11.5 Å². The molecule has 0 radical (unpaired) electrons. The lowest BCUT2D eigenvalue weighted by molar-refractivity contribution is -0.138. The minimum atomic E-state index is -0.786. The Labute approximate surface area is 221 Å². The summed E-state index contributed by atoms with van der Waals surface area (Å²) >= 11 is 7.25. The maximum atomic E-state index is 13.8. The molecule has 8 nitrogen and oxygen atoms in total. The quantitative estimate of drug-likeness (QED) is 0.259. The van der Waals surface area contributed by atoms with Gasteiger partial charge in [-0.05, 0) is 36.8 Å². The van der Waals surface area contributed by atoms with Gasteiger partial charge in [0.2, 0.25) is 0 Å². The maximum absolute atomic E-state index is 13.8. The van der Waals surface area contributed by atoms with Gasteiger partial charge in [0.1, 0.15) is 6.61 Å². The Morgan fingerprint density at radius 2 is 1.95 bits per heavy atom. The second-order valence-corrected chi connectivity index (χ2v) is 9.44. The zero-order chi connectivity index (χ0) is 26.7. The third kappa shape index (κ3) is 5.28. The number of benzene rings is 2. The van der Waals surface area contributed by atoms with Gasteiger partial charge in [-0.15, -0.1) is 0 Å². The van der Waals surface area contributed by atoms with Gasteiger partial charge in [-0.25, -0.2) is 9.79 Å². The molecule has 0 N–H and O–H groups in total. The Balaban J connectivity index is 1.95. The summed E-state index contributed by atoms with van der Waals surface area (Å²) in [7, 11) is 1.46. The van der Waals surface area contributed by atoms with Crippen LogP contribution in [0.3, 0.4) is 0 Å². The number of rotatable bonds is 7. The van der Waals surface area contributed by atoms with Crippen LogP contribution in [0, 0.1) is 0 Å². The number of esters is 2. The van der Waals surface area contributed by atoms with E-state index in [0.717, 1.165) is 11.3 Å². The summed E-state index contributed by atoms with van der Waals surface area (Å²) in [5, 5.41) is 0.517. The number of aromatic nitrogens is 1. The van der Waals surface area contributed by atoms with Crippen LogP contribution in [0.1, 0.15) is 31.0 Å². The number of ether oxygens (including phenoxy) is 3. The molecule has 10 heteroatoms. The molecule has 1 atom stereocenters. The minimum Gasteiger partial charge on any atom is -0.493 e. The number of carbonyl (C=O) groups excluding carboxylic acids is 2. The van der Waals surface area contributed by atoms with Gasteiger partial charge in [-0.2, -0.15) is 0 Å². The van der Waals surface area contributed by atoms with Gasteiger partial charge in [0.25, 0.3) is 5.56 Å². The fourth-order valence-electron chi connectivity index (χ4n) is 3.96. The van der Waals surface area contributed by atoms with Gasteiger partial charge in [-0.3, -0.25) is 14.2 Å². The number of thiazole rings is 1. The first-order valence-electron chi connectivity index (χ1n) is 11.2. The molecule has 4 rings (SSSR count). The van der Waals surface area contributed by atoms with E-state index in [1.165, 1.54) is 24.7 Å². The van der Waals surface area contributed by atoms with Gasteiger partial charge in [0.15, 0.2) is 16.3 Å². The largest absolute Gasteiger partial charge is 0.493 e. The smallest absolute Gasteiger partial charge is 0.338 e. The summed E-state index contributed by atoms with van der Waals surface area (Å²) in [5.74, 6) is -0.580. The highest BCUT2D eigenvalue weighted by Gasteiger charge is 2.33. The molecule has 0 fully saturated rings. The molecule has 1 aliphatic rings. The highest BCUT2D eigenvalue weighted by atomic mass is 35.5. The van der Waals surface area contributed by atoms with Gasteiger partial charge in [0, 0.05) is 17.5 Å². The number of fused-ring (bicyclic) bond motifs is 1. The van der Waals surface area contributed by atoms with Crippen LogP contribution >= 0.6 is 22.9 Å². The summed E-state index contributed by atoms with van der Waals surface area (Å²) < 4.78 is 17.8. The molecule has 0 spiro atoms. The van der Waals surface area contributed by atoms with Crippen molar-refractivity contribution in [3.05, 3.63) is 102 Å². The van der Waals surface area contributed by atoms with Crippen LogP contribution in [0.15, 0.2) is 76.2 Å². The summed E-state index contributed by atoms with van der Waals surface area (Å²) in [6.07, 6.45) is 3.08. The molecule has 1 unspecified atom stereocenters. The molecular weight excluding hydrogens is 516 g/mol. The fraction of sp³-hybridized carbons (Fsp3) is 0.185. The van der Waals surface area contributed by atoms with E-state index >= 15 is 0 Å². The Morgan fingerprint density at radius 1 is 1.22 bits per heavy atom. The number of para-hydroxylation sites is 1. The van der Waals surface area contributed by atoms with Gasteiger partial charge >= 0.3 is 11.9 Å². The summed E-state index contributed by atoms with van der Waals surface area (Å²) in [6, 6.07) is 11.2. The molecule has 0 amide bonds. The average Bonchev–Trinajstić information content (AvgIpc) is 3.17. The predicted molar refractivity (Wildman–Crippen MR) is 141 cm³/mol. The third-order valence-corrected chi connectivity index (χ3v) is 6.76. The van der Waals surface area contributed by atoms with E-state index < -0.39 is 18.0 Å². The van der Waals surface area contributed by atoms with Crippen LogP contribution < -0.4 is 24.4 Å². The van der Waals surface area contributed by atoms with Gasteiger partial charge < -0.3 is 14.2 Å². The fourth-order valence-corrected chi connectivity index (χ4v) is 5.12. The maximum Gasteiger partial charge on any atom is 0.338 e. The van der Waals surface area contributed by atoms with Crippen molar-refractivity contribution < 1.29 is 23.8 Å². The number of hydrogen-bond donors (Lipinski definition) is 0. The summed E-state index contributed by atoms with van der Waals surface area (Å²) in [4.78, 5) is 43.5. The monoisotopic (exact) mass is 538 g/mol. The normalized spacial score (nSPS) is 15.0. The lowest BCUT2D eigenvalue weighted by Crippen LogP contribution is -2.39. The highest BCUT2D eigenvalue weighted by Crippen LogP contribution is 2.33. The van der Waals surface area contributed by atoms with E-state index in [2.05, 4.69) is 11.6 Å². The zero-order valence-electron chi connectivity index (χ0n) is 20.3. The van der Waals surface area contributed by atoms with Crippen LogP contribution in [0.4, 0.5) is 0 Å². The topological polar surface area (TPSA) is 96.2 Å². The van der Waals surface area contributed by atoms with Crippen LogP contribution in [-0.2, 0) is 14.3 Å². The lowest BCUT2D eigenvalue weighted by Gasteiger charge is -2.24. The van der Waals surface area contributed by atoms with Gasteiger partial charge in [-0.1, -0.05) is 59.9 Å². The number of allylic oxidation sites excluding steroid dienone is 1. The van der Waals surface area contributed by atoms with E-state index in [9.17, 15) is 14.4 Å². The van der Waals surface area contributed by atoms with Crippen molar-refractivity contribution in [1.29, 1.82) is 0 Å². The first-order chi connectivity index (χ1) is 17.7. The molecular formula is C27H23ClN2O6S. The van der Waals surface area contributed by atoms with Crippen molar-refractivity contribution in [1.82, 2.24) is 4.57 Å². The van der Waals surface area contributed by atoms with E-state index in [4.69, 9.17) is 25.8 Å². The number of nitrogens with zero attached hydrogens (tertiary/aromatic N) is 2. The standard InChI is InChI=1S/C27H23ClN2O6S/c1-5-13-35-26(33)22-15(2)29-27-30(23(22)17-9-11-19(28)12-10-17)25(32)21(37-27)14-18-7-6-8-20(34-4)24(18)36-16(3)31/h5-12,14,23H,1,13H2,2-4H3. The second-order valence-electron chi connectivity index (χ2n) is 7.99. The molecule has 3 aromatic rings. The van der Waals surface area contributed by atoms with Crippen molar-refractivity contribution in [2.45, 2.75) is 19.9 Å². The Bertz CT molecular complexity index is 1600. The van der Waals surface area contributed by atoms with Crippen LogP contribution in [0.5, 0.6) is 11.5 Å². The first-order valence-corrected chi connectivity index (χ1v) is 12.4.